The molecule has 1 heterocycles. The van der Waals surface area contributed by atoms with E-state index in [0.717, 1.165) is 9.99 Å². The lowest BCUT2D eigenvalue weighted by atomic mass is 9.89. The SMILES string of the molecule is CC1COCCC1C(=O)Nc1cc(I)ccc1Cl. The van der Waals surface area contributed by atoms with Gasteiger partial charge in [-0.1, -0.05) is 18.5 Å². The summed E-state index contributed by atoms with van der Waals surface area (Å²) in [5.41, 5.74) is 0.687. The molecule has 18 heavy (non-hydrogen) atoms. The molecule has 2 atom stereocenters. The van der Waals surface area contributed by atoms with E-state index in [1.54, 1.807) is 6.07 Å². The minimum Gasteiger partial charge on any atom is -0.381 e. The number of benzene rings is 1. The van der Waals surface area contributed by atoms with Gasteiger partial charge in [0.2, 0.25) is 5.91 Å². The summed E-state index contributed by atoms with van der Waals surface area (Å²) in [5.74, 6) is 0.294. The first-order valence-electron chi connectivity index (χ1n) is 5.91. The highest BCUT2D eigenvalue weighted by atomic mass is 127. The second kappa shape index (κ2) is 6.21. The number of anilines is 1. The van der Waals surface area contributed by atoms with E-state index in [4.69, 9.17) is 16.3 Å². The Morgan fingerprint density at radius 2 is 2.33 bits per heavy atom. The lowest BCUT2D eigenvalue weighted by Crippen LogP contribution is -2.35. The van der Waals surface area contributed by atoms with Crippen molar-refractivity contribution in [2.24, 2.45) is 11.8 Å². The minimum absolute atomic E-state index is 0.00711. The zero-order valence-corrected chi connectivity index (χ0v) is 13.0. The largest absolute Gasteiger partial charge is 0.381 e. The molecule has 1 aromatic carbocycles. The predicted octanol–water partition coefficient (Wildman–Crippen LogP) is 3.56. The molecule has 1 amide bonds. The Bertz CT molecular complexity index is 453. The second-order valence-corrected chi connectivity index (χ2v) is 6.21. The van der Waals surface area contributed by atoms with Crippen molar-refractivity contribution in [1.82, 2.24) is 0 Å². The molecule has 0 radical (unpaired) electrons. The molecule has 0 spiro atoms. The minimum atomic E-state index is 0.00711. The molecule has 0 aliphatic carbocycles. The standard InChI is InChI=1S/C13H15ClINO2/c1-8-7-18-5-4-10(8)13(17)16-12-6-9(15)2-3-11(12)14/h2-3,6,8,10H,4-5,7H2,1H3,(H,16,17). The fraction of sp³-hybridized carbons (Fsp3) is 0.462. The zero-order valence-electron chi connectivity index (χ0n) is 10.1. The Labute approximate surface area is 125 Å². The van der Waals surface area contributed by atoms with Gasteiger partial charge in [-0.15, -0.1) is 0 Å². The molecule has 1 aliphatic heterocycles. The van der Waals surface area contributed by atoms with Crippen LogP contribution in [0.2, 0.25) is 5.02 Å². The summed E-state index contributed by atoms with van der Waals surface area (Å²) < 4.78 is 6.40. The number of carbonyl (C=O) groups excluding carboxylic acids is 1. The molecule has 0 bridgehead atoms. The second-order valence-electron chi connectivity index (χ2n) is 4.56. The van der Waals surface area contributed by atoms with Crippen LogP contribution in [0.5, 0.6) is 0 Å². The fourth-order valence-corrected chi connectivity index (χ4v) is 2.74. The van der Waals surface area contributed by atoms with E-state index in [1.165, 1.54) is 0 Å². The summed E-state index contributed by atoms with van der Waals surface area (Å²) in [6.07, 6.45) is 0.772. The summed E-state index contributed by atoms with van der Waals surface area (Å²) >= 11 is 8.27. The molecule has 3 nitrogen and oxygen atoms in total. The first kappa shape index (κ1) is 14.1. The quantitative estimate of drug-likeness (QED) is 0.798. The normalized spacial score (nSPS) is 23.7. The van der Waals surface area contributed by atoms with Gasteiger partial charge in [-0.3, -0.25) is 4.79 Å². The highest BCUT2D eigenvalue weighted by Crippen LogP contribution is 2.27. The van der Waals surface area contributed by atoms with Crippen molar-refractivity contribution >= 4 is 45.8 Å². The van der Waals surface area contributed by atoms with Crippen molar-refractivity contribution in [3.63, 3.8) is 0 Å². The maximum atomic E-state index is 12.2. The lowest BCUT2D eigenvalue weighted by Gasteiger charge is -2.27. The highest BCUT2D eigenvalue weighted by molar-refractivity contribution is 14.1. The number of amides is 1. The molecule has 1 aliphatic rings. The van der Waals surface area contributed by atoms with Crippen LogP contribution < -0.4 is 5.32 Å². The summed E-state index contributed by atoms with van der Waals surface area (Å²) in [5, 5.41) is 3.49. The molecule has 1 saturated heterocycles. The Morgan fingerprint density at radius 3 is 3.06 bits per heavy atom. The lowest BCUT2D eigenvalue weighted by molar-refractivity contribution is -0.125. The molecule has 2 unspecified atom stereocenters. The number of ether oxygens (including phenoxy) is 1. The van der Waals surface area contributed by atoms with E-state index in [-0.39, 0.29) is 17.7 Å². The van der Waals surface area contributed by atoms with Gasteiger partial charge in [0.1, 0.15) is 0 Å². The van der Waals surface area contributed by atoms with Crippen molar-refractivity contribution in [1.29, 1.82) is 0 Å². The van der Waals surface area contributed by atoms with Crippen molar-refractivity contribution in [2.75, 3.05) is 18.5 Å². The van der Waals surface area contributed by atoms with Crippen molar-refractivity contribution in [3.8, 4) is 0 Å². The van der Waals surface area contributed by atoms with Crippen LogP contribution >= 0.6 is 34.2 Å². The van der Waals surface area contributed by atoms with Gasteiger partial charge in [0.25, 0.3) is 0 Å². The molecule has 1 N–H and O–H groups in total. The Balaban J connectivity index is 2.08. The maximum absolute atomic E-state index is 12.2. The van der Waals surface area contributed by atoms with Crippen LogP contribution in [0.15, 0.2) is 18.2 Å². The van der Waals surface area contributed by atoms with Gasteiger partial charge in [0, 0.05) is 22.7 Å². The van der Waals surface area contributed by atoms with Gasteiger partial charge in [0.05, 0.1) is 10.7 Å². The van der Waals surface area contributed by atoms with E-state index in [9.17, 15) is 4.79 Å². The molecule has 0 aromatic heterocycles. The predicted molar refractivity (Wildman–Crippen MR) is 80.9 cm³/mol. The van der Waals surface area contributed by atoms with Gasteiger partial charge < -0.3 is 10.1 Å². The molecule has 0 saturated carbocycles. The van der Waals surface area contributed by atoms with Gasteiger partial charge in [0.15, 0.2) is 0 Å². The van der Waals surface area contributed by atoms with Gasteiger partial charge in [-0.2, -0.15) is 0 Å². The number of rotatable bonds is 2. The zero-order chi connectivity index (χ0) is 13.1. The Hall–Kier alpha value is -0.330. The van der Waals surface area contributed by atoms with Gasteiger partial charge in [-0.25, -0.2) is 0 Å². The van der Waals surface area contributed by atoms with Crippen LogP contribution in [-0.4, -0.2) is 19.1 Å². The molecular formula is C13H15ClINO2. The molecule has 98 valence electrons. The van der Waals surface area contributed by atoms with E-state index >= 15 is 0 Å². The van der Waals surface area contributed by atoms with E-state index in [2.05, 4.69) is 27.9 Å². The van der Waals surface area contributed by atoms with Crippen molar-refractivity contribution in [2.45, 2.75) is 13.3 Å². The Kier molecular flexibility index (Phi) is 4.86. The molecular weight excluding hydrogens is 365 g/mol. The van der Waals surface area contributed by atoms with Crippen LogP contribution in [0.1, 0.15) is 13.3 Å². The van der Waals surface area contributed by atoms with Gasteiger partial charge >= 0.3 is 0 Å². The number of hydrogen-bond donors (Lipinski definition) is 1. The molecule has 1 aromatic rings. The third kappa shape index (κ3) is 3.36. The number of carbonyl (C=O) groups is 1. The third-order valence-electron chi connectivity index (χ3n) is 3.16. The fourth-order valence-electron chi connectivity index (χ4n) is 2.09. The van der Waals surface area contributed by atoms with Crippen LogP contribution in [0.3, 0.4) is 0 Å². The first-order valence-corrected chi connectivity index (χ1v) is 7.37. The van der Waals surface area contributed by atoms with Gasteiger partial charge in [-0.05, 0) is 53.1 Å². The molecule has 5 heteroatoms. The number of halogens is 2. The molecule has 1 fully saturated rings. The number of hydrogen-bond acceptors (Lipinski definition) is 2. The van der Waals surface area contributed by atoms with E-state index in [1.807, 2.05) is 19.1 Å². The van der Waals surface area contributed by atoms with Crippen molar-refractivity contribution in [3.05, 3.63) is 26.8 Å². The highest BCUT2D eigenvalue weighted by Gasteiger charge is 2.28. The summed E-state index contributed by atoms with van der Waals surface area (Å²) in [4.78, 5) is 12.2. The van der Waals surface area contributed by atoms with Crippen LogP contribution in [0, 0.1) is 15.4 Å². The van der Waals surface area contributed by atoms with Crippen LogP contribution in [0.25, 0.3) is 0 Å². The summed E-state index contributed by atoms with van der Waals surface area (Å²) in [6.45, 7) is 3.35. The monoisotopic (exact) mass is 379 g/mol. The van der Waals surface area contributed by atoms with Crippen LogP contribution in [0.4, 0.5) is 5.69 Å². The summed E-state index contributed by atoms with van der Waals surface area (Å²) in [6, 6.07) is 5.59. The average molecular weight is 380 g/mol. The summed E-state index contributed by atoms with van der Waals surface area (Å²) in [7, 11) is 0. The van der Waals surface area contributed by atoms with Crippen LogP contribution in [-0.2, 0) is 9.53 Å². The topological polar surface area (TPSA) is 38.3 Å². The Morgan fingerprint density at radius 1 is 1.56 bits per heavy atom. The first-order chi connectivity index (χ1) is 8.58. The maximum Gasteiger partial charge on any atom is 0.227 e. The van der Waals surface area contributed by atoms with E-state index in [0.29, 0.717) is 23.9 Å². The third-order valence-corrected chi connectivity index (χ3v) is 4.16. The number of nitrogens with one attached hydrogen (secondary N) is 1. The smallest absolute Gasteiger partial charge is 0.227 e. The molecule has 2 rings (SSSR count). The van der Waals surface area contributed by atoms with E-state index < -0.39 is 0 Å². The van der Waals surface area contributed by atoms with Crippen molar-refractivity contribution < 1.29 is 9.53 Å². The average Bonchev–Trinajstić information content (AvgIpc) is 2.34.